The first-order valence-electron chi connectivity index (χ1n) is 7.89. The molecule has 2 aliphatic rings. The highest BCUT2D eigenvalue weighted by atomic mass is 14.5. The van der Waals surface area contributed by atoms with Gasteiger partial charge in [0.1, 0.15) is 0 Å². The summed E-state index contributed by atoms with van der Waals surface area (Å²) in [5.41, 5.74) is 1.28. The van der Waals surface area contributed by atoms with Crippen molar-refractivity contribution in [2.24, 2.45) is 28.6 Å². The van der Waals surface area contributed by atoms with Crippen molar-refractivity contribution in [2.45, 2.75) is 79.6 Å². The molecule has 100 valence electrons. The molecule has 0 aromatic rings. The third-order valence-electron chi connectivity index (χ3n) is 6.07. The fourth-order valence-corrected chi connectivity index (χ4v) is 4.81. The molecule has 2 fully saturated rings. The summed E-state index contributed by atoms with van der Waals surface area (Å²) in [5, 5.41) is 0. The van der Waals surface area contributed by atoms with E-state index in [0.29, 0.717) is 10.8 Å². The first kappa shape index (κ1) is 13.4. The van der Waals surface area contributed by atoms with Gasteiger partial charge in [-0.25, -0.2) is 0 Å². The summed E-state index contributed by atoms with van der Waals surface area (Å²) < 4.78 is 0. The Morgan fingerprint density at radius 2 is 1.71 bits per heavy atom. The van der Waals surface area contributed by atoms with Crippen LogP contribution in [0.25, 0.3) is 0 Å². The minimum atomic E-state index is 0.628. The molecule has 0 heterocycles. The van der Waals surface area contributed by atoms with E-state index >= 15 is 0 Å². The summed E-state index contributed by atoms with van der Waals surface area (Å²) in [6.45, 7) is 12.4. The van der Waals surface area contributed by atoms with E-state index in [1.165, 1.54) is 44.9 Å². The zero-order valence-electron chi connectivity index (χ0n) is 12.7. The molecule has 0 heteroatoms. The Kier molecular flexibility index (Phi) is 3.63. The second kappa shape index (κ2) is 4.59. The zero-order chi connectivity index (χ0) is 12.7. The summed E-state index contributed by atoms with van der Waals surface area (Å²) in [7, 11) is 0. The molecular weight excluding hydrogens is 204 g/mol. The second-order valence-electron chi connectivity index (χ2n) is 8.07. The van der Waals surface area contributed by atoms with Crippen LogP contribution in [0.2, 0.25) is 0 Å². The van der Waals surface area contributed by atoms with Gasteiger partial charge in [0.05, 0.1) is 0 Å². The molecule has 0 bridgehead atoms. The predicted octanol–water partition coefficient (Wildman–Crippen LogP) is 5.67. The minimum Gasteiger partial charge on any atom is -0.0651 e. The molecule has 4 atom stereocenters. The van der Waals surface area contributed by atoms with Crippen LogP contribution in [0.5, 0.6) is 0 Å². The molecule has 2 rings (SSSR count). The van der Waals surface area contributed by atoms with Gasteiger partial charge >= 0.3 is 0 Å². The van der Waals surface area contributed by atoms with Crippen LogP contribution in [0.3, 0.4) is 0 Å². The van der Waals surface area contributed by atoms with E-state index in [4.69, 9.17) is 0 Å². The van der Waals surface area contributed by atoms with Gasteiger partial charge in [-0.15, -0.1) is 0 Å². The molecule has 0 spiro atoms. The Balaban J connectivity index is 2.16. The topological polar surface area (TPSA) is 0 Å². The molecule has 0 amide bonds. The molecule has 2 saturated carbocycles. The molecule has 0 aromatic heterocycles. The lowest BCUT2D eigenvalue weighted by molar-refractivity contribution is 0.185. The van der Waals surface area contributed by atoms with Gasteiger partial charge in [0.2, 0.25) is 0 Å². The van der Waals surface area contributed by atoms with E-state index < -0.39 is 0 Å². The van der Waals surface area contributed by atoms with E-state index in [2.05, 4.69) is 34.6 Å². The Morgan fingerprint density at radius 1 is 1.00 bits per heavy atom. The second-order valence-corrected chi connectivity index (χ2v) is 8.07. The van der Waals surface area contributed by atoms with E-state index in [9.17, 15) is 0 Å². The first-order valence-corrected chi connectivity index (χ1v) is 7.89. The molecule has 0 N–H and O–H groups in total. The predicted molar refractivity (Wildman–Crippen MR) is 76.0 cm³/mol. The molecule has 0 radical (unpaired) electrons. The fraction of sp³-hybridized carbons (Fsp3) is 1.00. The van der Waals surface area contributed by atoms with Crippen molar-refractivity contribution in [3.05, 3.63) is 0 Å². The molecular formula is C17H32. The van der Waals surface area contributed by atoms with Crippen molar-refractivity contribution in [3.8, 4) is 0 Å². The summed E-state index contributed by atoms with van der Waals surface area (Å²) in [4.78, 5) is 0. The van der Waals surface area contributed by atoms with Gasteiger partial charge in [0.25, 0.3) is 0 Å². The van der Waals surface area contributed by atoms with E-state index in [1.807, 2.05) is 0 Å². The number of fused-ring (bicyclic) bond motifs is 1. The van der Waals surface area contributed by atoms with Crippen molar-refractivity contribution in [2.75, 3.05) is 0 Å². The van der Waals surface area contributed by atoms with Crippen LogP contribution in [-0.4, -0.2) is 0 Å². The fourth-order valence-electron chi connectivity index (χ4n) is 4.81. The largest absolute Gasteiger partial charge is 0.0651 e. The Labute approximate surface area is 109 Å². The van der Waals surface area contributed by atoms with Crippen LogP contribution in [0.4, 0.5) is 0 Å². The first-order chi connectivity index (χ1) is 7.89. The summed E-state index contributed by atoms with van der Waals surface area (Å²) >= 11 is 0. The van der Waals surface area contributed by atoms with Crippen molar-refractivity contribution < 1.29 is 0 Å². The molecule has 0 aromatic carbocycles. The monoisotopic (exact) mass is 236 g/mol. The van der Waals surface area contributed by atoms with Gasteiger partial charge in [-0.3, -0.25) is 0 Å². The van der Waals surface area contributed by atoms with Gasteiger partial charge in [-0.1, -0.05) is 47.5 Å². The lowest BCUT2D eigenvalue weighted by atomic mass is 9.73. The summed E-state index contributed by atoms with van der Waals surface area (Å²) in [6, 6.07) is 0. The van der Waals surface area contributed by atoms with Crippen LogP contribution in [0, 0.1) is 28.6 Å². The number of rotatable bonds is 2. The normalized spacial score (nSPS) is 45.4. The average molecular weight is 236 g/mol. The van der Waals surface area contributed by atoms with Gasteiger partial charge < -0.3 is 0 Å². The lowest BCUT2D eigenvalue weighted by Crippen LogP contribution is -2.22. The van der Waals surface area contributed by atoms with E-state index in [-0.39, 0.29) is 0 Å². The smallest absolute Gasteiger partial charge is 0.0326 e. The van der Waals surface area contributed by atoms with Gasteiger partial charge in [-0.2, -0.15) is 0 Å². The zero-order valence-corrected chi connectivity index (χ0v) is 12.7. The molecule has 2 aliphatic carbocycles. The van der Waals surface area contributed by atoms with Crippen molar-refractivity contribution >= 4 is 0 Å². The summed E-state index contributed by atoms with van der Waals surface area (Å²) in [5.74, 6) is 3.10. The van der Waals surface area contributed by atoms with Gasteiger partial charge in [0.15, 0.2) is 0 Å². The lowest BCUT2D eigenvalue weighted by Gasteiger charge is -2.32. The number of hydrogen-bond donors (Lipinski definition) is 0. The van der Waals surface area contributed by atoms with E-state index in [1.54, 1.807) is 0 Å². The Morgan fingerprint density at radius 3 is 2.29 bits per heavy atom. The minimum absolute atomic E-state index is 0.628. The highest BCUT2D eigenvalue weighted by molar-refractivity contribution is 4.96. The Hall–Kier alpha value is 0. The summed E-state index contributed by atoms with van der Waals surface area (Å²) in [6.07, 6.45) is 10.3. The van der Waals surface area contributed by atoms with Crippen LogP contribution in [0.15, 0.2) is 0 Å². The van der Waals surface area contributed by atoms with Crippen LogP contribution >= 0.6 is 0 Å². The van der Waals surface area contributed by atoms with Crippen LogP contribution < -0.4 is 0 Å². The van der Waals surface area contributed by atoms with Crippen LogP contribution in [-0.2, 0) is 0 Å². The number of hydrogen-bond acceptors (Lipinski definition) is 0. The maximum absolute atomic E-state index is 2.54. The maximum Gasteiger partial charge on any atom is -0.0326 e. The van der Waals surface area contributed by atoms with Crippen molar-refractivity contribution in [1.82, 2.24) is 0 Å². The standard InChI is InChI=1S/C17H32/c1-6-13-11-17(5,7-2)9-8-14-10-16(3,4)12-15(13)14/h13-15H,6-12H2,1-5H3. The molecule has 0 saturated heterocycles. The van der Waals surface area contributed by atoms with Crippen molar-refractivity contribution in [1.29, 1.82) is 0 Å². The molecule has 17 heavy (non-hydrogen) atoms. The Bertz CT molecular complexity index is 265. The highest BCUT2D eigenvalue weighted by Gasteiger charge is 2.46. The third-order valence-corrected chi connectivity index (χ3v) is 6.07. The molecule has 0 nitrogen and oxygen atoms in total. The maximum atomic E-state index is 2.54. The highest BCUT2D eigenvalue weighted by Crippen LogP contribution is 2.56. The van der Waals surface area contributed by atoms with Gasteiger partial charge in [-0.05, 0) is 60.7 Å². The third kappa shape index (κ3) is 2.71. The average Bonchev–Trinajstić information content (AvgIpc) is 2.52. The quantitative estimate of drug-likeness (QED) is 0.580. The van der Waals surface area contributed by atoms with E-state index in [0.717, 1.165) is 17.8 Å². The van der Waals surface area contributed by atoms with Gasteiger partial charge in [0, 0.05) is 0 Å². The SMILES string of the molecule is CCC1CC(C)(CC)CCC2CC(C)(C)CC21. The van der Waals surface area contributed by atoms with Crippen LogP contribution in [0.1, 0.15) is 79.6 Å². The van der Waals surface area contributed by atoms with Crippen molar-refractivity contribution in [3.63, 3.8) is 0 Å². The molecule has 4 unspecified atom stereocenters. The molecule has 0 aliphatic heterocycles.